The van der Waals surface area contributed by atoms with E-state index in [9.17, 15) is 13.6 Å². The van der Waals surface area contributed by atoms with E-state index in [0.717, 1.165) is 22.7 Å². The fourth-order valence-corrected chi connectivity index (χ4v) is 2.70. The lowest BCUT2D eigenvalue weighted by Crippen LogP contribution is -2.27. The number of amides is 1. The molecular formula is C19H16F2N2O. The monoisotopic (exact) mass is 326 g/mol. The Labute approximate surface area is 138 Å². The summed E-state index contributed by atoms with van der Waals surface area (Å²) >= 11 is 0. The average Bonchev–Trinajstić information content (AvgIpc) is 2.53. The highest BCUT2D eigenvalue weighted by Gasteiger charge is 2.17. The fourth-order valence-electron chi connectivity index (χ4n) is 2.70. The summed E-state index contributed by atoms with van der Waals surface area (Å²) in [6.45, 7) is 3.47. The third-order valence-electron chi connectivity index (χ3n) is 3.87. The van der Waals surface area contributed by atoms with Crippen molar-refractivity contribution in [2.75, 3.05) is 0 Å². The Balaban J connectivity index is 1.92. The van der Waals surface area contributed by atoms with E-state index in [1.54, 1.807) is 13.0 Å². The van der Waals surface area contributed by atoms with Gasteiger partial charge in [-0.05, 0) is 32.0 Å². The van der Waals surface area contributed by atoms with Crippen LogP contribution in [-0.2, 0) is 0 Å². The molecule has 0 spiro atoms. The summed E-state index contributed by atoms with van der Waals surface area (Å²) in [5.41, 5.74) is 2.16. The van der Waals surface area contributed by atoms with Gasteiger partial charge in [-0.3, -0.25) is 9.78 Å². The lowest BCUT2D eigenvalue weighted by molar-refractivity contribution is 0.0941. The van der Waals surface area contributed by atoms with E-state index in [-0.39, 0.29) is 11.5 Å². The molecule has 2 aromatic carbocycles. The van der Waals surface area contributed by atoms with Crippen molar-refractivity contribution in [3.05, 3.63) is 77.0 Å². The van der Waals surface area contributed by atoms with Gasteiger partial charge in [0.05, 0.1) is 17.1 Å². The largest absolute Gasteiger partial charge is 0.345 e. The first-order valence-electron chi connectivity index (χ1n) is 7.58. The van der Waals surface area contributed by atoms with Crippen molar-refractivity contribution in [3.8, 4) is 0 Å². The van der Waals surface area contributed by atoms with Crippen LogP contribution in [0.1, 0.15) is 34.6 Å². The number of nitrogens with one attached hydrogen (secondary N) is 1. The lowest BCUT2D eigenvalue weighted by Gasteiger charge is -2.16. The SMILES string of the molecule is Cc1cc(C(=O)NC(C)c2ccc(F)cc2F)c2ccccc2n1. The highest BCUT2D eigenvalue weighted by molar-refractivity contribution is 6.06. The molecule has 0 radical (unpaired) electrons. The van der Waals surface area contributed by atoms with Crippen LogP contribution < -0.4 is 5.32 Å². The van der Waals surface area contributed by atoms with Crippen LogP contribution in [0, 0.1) is 18.6 Å². The minimum absolute atomic E-state index is 0.236. The summed E-state index contributed by atoms with van der Waals surface area (Å²) in [6.07, 6.45) is 0. The number of hydrogen-bond donors (Lipinski definition) is 1. The van der Waals surface area contributed by atoms with Crippen LogP contribution in [0.3, 0.4) is 0 Å². The van der Waals surface area contributed by atoms with Crippen LogP contribution in [-0.4, -0.2) is 10.9 Å². The number of aromatic nitrogens is 1. The molecule has 1 unspecified atom stereocenters. The predicted molar refractivity (Wildman–Crippen MR) is 88.7 cm³/mol. The quantitative estimate of drug-likeness (QED) is 0.779. The van der Waals surface area contributed by atoms with Gasteiger partial charge in [0.15, 0.2) is 0 Å². The Kier molecular flexibility index (Phi) is 4.25. The highest BCUT2D eigenvalue weighted by atomic mass is 19.1. The number of benzene rings is 2. The number of para-hydroxylation sites is 1. The molecule has 0 saturated heterocycles. The lowest BCUT2D eigenvalue weighted by atomic mass is 10.0. The molecule has 1 amide bonds. The van der Waals surface area contributed by atoms with E-state index in [1.807, 2.05) is 31.2 Å². The van der Waals surface area contributed by atoms with Crippen molar-refractivity contribution in [3.63, 3.8) is 0 Å². The van der Waals surface area contributed by atoms with Gasteiger partial charge in [0.2, 0.25) is 0 Å². The Bertz CT molecular complexity index is 924. The minimum Gasteiger partial charge on any atom is -0.345 e. The Morgan fingerprint density at radius 2 is 1.88 bits per heavy atom. The van der Waals surface area contributed by atoms with Gasteiger partial charge in [-0.2, -0.15) is 0 Å². The van der Waals surface area contributed by atoms with E-state index in [2.05, 4.69) is 10.3 Å². The smallest absolute Gasteiger partial charge is 0.252 e. The van der Waals surface area contributed by atoms with Crippen molar-refractivity contribution < 1.29 is 13.6 Å². The first-order chi connectivity index (χ1) is 11.5. The standard InChI is InChI=1S/C19H16F2N2O/c1-11-9-16(15-5-3-4-6-18(15)22-11)19(24)23-12(2)14-8-7-13(20)10-17(14)21/h3-10,12H,1-2H3,(H,23,24). The Morgan fingerprint density at radius 3 is 2.62 bits per heavy atom. The Morgan fingerprint density at radius 1 is 1.12 bits per heavy atom. The van der Waals surface area contributed by atoms with Gasteiger partial charge >= 0.3 is 0 Å². The zero-order valence-electron chi connectivity index (χ0n) is 13.3. The van der Waals surface area contributed by atoms with Gasteiger partial charge in [0.1, 0.15) is 11.6 Å². The van der Waals surface area contributed by atoms with Crippen LogP contribution in [0.2, 0.25) is 0 Å². The molecule has 0 aliphatic heterocycles. The molecule has 3 aromatic rings. The summed E-state index contributed by atoms with van der Waals surface area (Å²) in [6, 6.07) is 11.8. The maximum absolute atomic E-state index is 13.9. The summed E-state index contributed by atoms with van der Waals surface area (Å²) in [4.78, 5) is 17.0. The van der Waals surface area contributed by atoms with E-state index in [4.69, 9.17) is 0 Å². The van der Waals surface area contributed by atoms with E-state index in [1.165, 1.54) is 12.1 Å². The van der Waals surface area contributed by atoms with Gasteiger partial charge in [-0.15, -0.1) is 0 Å². The number of rotatable bonds is 3. The first-order valence-corrected chi connectivity index (χ1v) is 7.58. The molecule has 3 nitrogen and oxygen atoms in total. The minimum atomic E-state index is -0.682. The summed E-state index contributed by atoms with van der Waals surface area (Å²) < 4.78 is 26.9. The third-order valence-corrected chi connectivity index (χ3v) is 3.87. The number of halogens is 2. The van der Waals surface area contributed by atoms with Gasteiger partial charge in [-0.25, -0.2) is 8.78 Å². The Hall–Kier alpha value is -2.82. The molecule has 0 fully saturated rings. The van der Waals surface area contributed by atoms with Gasteiger partial charge in [0, 0.05) is 22.7 Å². The molecule has 1 heterocycles. The van der Waals surface area contributed by atoms with Crippen molar-refractivity contribution in [1.82, 2.24) is 10.3 Å². The number of hydrogen-bond acceptors (Lipinski definition) is 2. The molecule has 122 valence electrons. The zero-order valence-corrected chi connectivity index (χ0v) is 13.3. The summed E-state index contributed by atoms with van der Waals surface area (Å²) in [5.74, 6) is -1.66. The van der Waals surface area contributed by atoms with Crippen molar-refractivity contribution >= 4 is 16.8 Å². The van der Waals surface area contributed by atoms with Crippen LogP contribution in [0.15, 0.2) is 48.5 Å². The molecule has 1 aromatic heterocycles. The molecule has 0 aliphatic carbocycles. The maximum atomic E-state index is 13.9. The van der Waals surface area contributed by atoms with Crippen molar-refractivity contribution in [2.24, 2.45) is 0 Å². The van der Waals surface area contributed by atoms with E-state index < -0.39 is 17.7 Å². The van der Waals surface area contributed by atoms with Crippen LogP contribution in [0.5, 0.6) is 0 Å². The summed E-state index contributed by atoms with van der Waals surface area (Å²) in [5, 5.41) is 3.49. The van der Waals surface area contributed by atoms with Gasteiger partial charge in [-0.1, -0.05) is 24.3 Å². The molecule has 1 N–H and O–H groups in total. The zero-order chi connectivity index (χ0) is 17.3. The number of nitrogens with zero attached hydrogens (tertiary/aromatic N) is 1. The van der Waals surface area contributed by atoms with Gasteiger partial charge < -0.3 is 5.32 Å². The number of fused-ring (bicyclic) bond motifs is 1. The van der Waals surface area contributed by atoms with E-state index >= 15 is 0 Å². The number of carbonyl (C=O) groups excluding carboxylic acids is 1. The predicted octanol–water partition coefficient (Wildman–Crippen LogP) is 4.31. The number of pyridine rings is 1. The molecule has 0 bridgehead atoms. The topological polar surface area (TPSA) is 42.0 Å². The molecule has 1 atom stereocenters. The molecule has 3 rings (SSSR count). The number of aryl methyl sites for hydroxylation is 1. The normalized spacial score (nSPS) is 12.2. The average molecular weight is 326 g/mol. The molecule has 24 heavy (non-hydrogen) atoms. The van der Waals surface area contributed by atoms with Crippen LogP contribution >= 0.6 is 0 Å². The number of carbonyl (C=O) groups is 1. The third kappa shape index (κ3) is 3.11. The first kappa shape index (κ1) is 16.1. The van der Waals surface area contributed by atoms with Crippen LogP contribution in [0.25, 0.3) is 10.9 Å². The van der Waals surface area contributed by atoms with Gasteiger partial charge in [0.25, 0.3) is 5.91 Å². The molecule has 5 heteroatoms. The van der Waals surface area contributed by atoms with Crippen LogP contribution in [0.4, 0.5) is 8.78 Å². The highest BCUT2D eigenvalue weighted by Crippen LogP contribution is 2.21. The fraction of sp³-hybridized carbons (Fsp3) is 0.158. The second-order valence-corrected chi connectivity index (χ2v) is 5.69. The summed E-state index contributed by atoms with van der Waals surface area (Å²) in [7, 11) is 0. The molecular weight excluding hydrogens is 310 g/mol. The van der Waals surface area contributed by atoms with Crippen molar-refractivity contribution in [2.45, 2.75) is 19.9 Å². The van der Waals surface area contributed by atoms with E-state index in [0.29, 0.717) is 5.56 Å². The maximum Gasteiger partial charge on any atom is 0.252 e. The second-order valence-electron chi connectivity index (χ2n) is 5.69. The second kappa shape index (κ2) is 6.35. The van der Waals surface area contributed by atoms with Crippen molar-refractivity contribution in [1.29, 1.82) is 0 Å². The molecule has 0 saturated carbocycles. The molecule has 0 aliphatic rings.